The number of hydrogen-bond donors (Lipinski definition) is 1. The number of anilines is 1. The molecular formula is C29H28N4O3. The van der Waals surface area contributed by atoms with Crippen LogP contribution in [0.4, 0.5) is 5.95 Å². The maximum atomic E-state index is 13.6. The van der Waals surface area contributed by atoms with E-state index in [-0.39, 0.29) is 11.2 Å². The van der Waals surface area contributed by atoms with Crippen molar-refractivity contribution >= 4 is 22.5 Å². The van der Waals surface area contributed by atoms with Gasteiger partial charge in [-0.3, -0.25) is 4.79 Å². The largest absolute Gasteiger partial charge is 0.493 e. The Morgan fingerprint density at radius 1 is 0.972 bits per heavy atom. The number of ketones is 1. The SMILES string of the molecule is COc1cccc(C2C3=C(CC(C)(C)CC3=O)Nc3nc(-c4cccc5ccccc45)nn32)c1OC. The first-order chi connectivity index (χ1) is 17.4. The zero-order valence-electron chi connectivity index (χ0n) is 20.8. The van der Waals surface area contributed by atoms with Gasteiger partial charge >= 0.3 is 0 Å². The van der Waals surface area contributed by atoms with Crippen molar-refractivity contribution in [3.63, 3.8) is 0 Å². The highest BCUT2D eigenvalue weighted by molar-refractivity contribution is 6.00. The quantitative estimate of drug-likeness (QED) is 0.399. The molecule has 4 aromatic rings. The van der Waals surface area contributed by atoms with Crippen molar-refractivity contribution in [2.75, 3.05) is 19.5 Å². The van der Waals surface area contributed by atoms with Crippen LogP contribution in [-0.4, -0.2) is 34.8 Å². The van der Waals surface area contributed by atoms with Crippen molar-refractivity contribution in [1.82, 2.24) is 14.8 Å². The number of carbonyl (C=O) groups excluding carboxylic acids is 1. The van der Waals surface area contributed by atoms with Crippen molar-refractivity contribution in [2.45, 2.75) is 32.7 Å². The number of hydrogen-bond acceptors (Lipinski definition) is 6. The fraction of sp³-hybridized carbons (Fsp3) is 0.276. The van der Waals surface area contributed by atoms with Gasteiger partial charge in [0.15, 0.2) is 23.1 Å². The molecule has 1 unspecified atom stereocenters. The molecule has 36 heavy (non-hydrogen) atoms. The number of ether oxygens (including phenoxy) is 2. The topological polar surface area (TPSA) is 78.3 Å². The molecule has 1 aliphatic carbocycles. The summed E-state index contributed by atoms with van der Waals surface area (Å²) in [4.78, 5) is 18.5. The van der Waals surface area contributed by atoms with Crippen LogP contribution in [0, 0.1) is 5.41 Å². The number of para-hydroxylation sites is 1. The Bertz CT molecular complexity index is 1540. The summed E-state index contributed by atoms with van der Waals surface area (Å²) in [5.74, 6) is 2.51. The Morgan fingerprint density at radius 2 is 1.75 bits per heavy atom. The predicted molar refractivity (Wildman–Crippen MR) is 139 cm³/mol. The van der Waals surface area contributed by atoms with Crippen molar-refractivity contribution in [2.24, 2.45) is 5.41 Å². The lowest BCUT2D eigenvalue weighted by molar-refractivity contribution is -0.118. The maximum Gasteiger partial charge on any atom is 0.226 e. The van der Waals surface area contributed by atoms with Crippen LogP contribution in [0.15, 0.2) is 71.9 Å². The van der Waals surface area contributed by atoms with E-state index < -0.39 is 6.04 Å². The van der Waals surface area contributed by atoms with Gasteiger partial charge in [0, 0.05) is 28.8 Å². The Balaban J connectivity index is 1.59. The third-order valence-electron chi connectivity index (χ3n) is 7.09. The van der Waals surface area contributed by atoms with E-state index in [1.807, 2.05) is 47.1 Å². The summed E-state index contributed by atoms with van der Waals surface area (Å²) in [5, 5.41) is 10.6. The van der Waals surface area contributed by atoms with Gasteiger partial charge in [-0.25, -0.2) is 4.68 Å². The van der Waals surface area contributed by atoms with Gasteiger partial charge in [0.1, 0.15) is 6.04 Å². The average Bonchev–Trinajstić information content (AvgIpc) is 3.29. The zero-order valence-corrected chi connectivity index (χ0v) is 20.8. The highest BCUT2D eigenvalue weighted by atomic mass is 16.5. The van der Waals surface area contributed by atoms with Gasteiger partial charge < -0.3 is 14.8 Å². The third kappa shape index (κ3) is 3.46. The summed E-state index contributed by atoms with van der Waals surface area (Å²) in [6.45, 7) is 4.25. The number of methoxy groups -OCH3 is 2. The number of benzene rings is 3. The average molecular weight is 481 g/mol. The van der Waals surface area contributed by atoms with Crippen LogP contribution in [0.5, 0.6) is 11.5 Å². The molecular weight excluding hydrogens is 452 g/mol. The van der Waals surface area contributed by atoms with E-state index in [4.69, 9.17) is 19.6 Å². The molecule has 0 saturated carbocycles. The second-order valence-corrected chi connectivity index (χ2v) is 10.2. The second-order valence-electron chi connectivity index (χ2n) is 10.2. The zero-order chi connectivity index (χ0) is 25.0. The molecule has 2 heterocycles. The molecule has 7 heteroatoms. The van der Waals surface area contributed by atoms with E-state index in [2.05, 4.69) is 37.4 Å². The third-order valence-corrected chi connectivity index (χ3v) is 7.09. The normalized spacial score (nSPS) is 18.4. The lowest BCUT2D eigenvalue weighted by Gasteiger charge is -2.38. The first-order valence-electron chi connectivity index (χ1n) is 12.1. The van der Waals surface area contributed by atoms with E-state index in [0.717, 1.165) is 34.0 Å². The lowest BCUT2D eigenvalue weighted by atomic mass is 9.73. The minimum Gasteiger partial charge on any atom is -0.493 e. The Kier molecular flexibility index (Phi) is 5.10. The molecule has 1 aliphatic heterocycles. The summed E-state index contributed by atoms with van der Waals surface area (Å²) in [7, 11) is 3.23. The van der Waals surface area contributed by atoms with Crippen LogP contribution < -0.4 is 14.8 Å². The van der Waals surface area contributed by atoms with Crippen LogP contribution in [0.3, 0.4) is 0 Å². The van der Waals surface area contributed by atoms with Crippen LogP contribution >= 0.6 is 0 Å². The summed E-state index contributed by atoms with van der Waals surface area (Å²) in [6.07, 6.45) is 1.21. The fourth-order valence-electron chi connectivity index (χ4n) is 5.56. The first-order valence-corrected chi connectivity index (χ1v) is 12.1. The van der Waals surface area contributed by atoms with Crippen LogP contribution in [0.1, 0.15) is 38.3 Å². The van der Waals surface area contributed by atoms with Gasteiger partial charge in [-0.1, -0.05) is 68.4 Å². The number of aromatic nitrogens is 3. The number of rotatable bonds is 4. The molecule has 0 saturated heterocycles. The minimum atomic E-state index is -0.485. The Morgan fingerprint density at radius 3 is 2.56 bits per heavy atom. The fourth-order valence-corrected chi connectivity index (χ4v) is 5.56. The number of carbonyl (C=O) groups is 1. The van der Waals surface area contributed by atoms with Crippen molar-refractivity contribution in [3.8, 4) is 22.9 Å². The van der Waals surface area contributed by atoms with E-state index >= 15 is 0 Å². The van der Waals surface area contributed by atoms with Gasteiger partial charge in [0.05, 0.1) is 14.2 Å². The van der Waals surface area contributed by atoms with Gasteiger partial charge in [-0.05, 0) is 28.7 Å². The van der Waals surface area contributed by atoms with E-state index in [1.54, 1.807) is 14.2 Å². The van der Waals surface area contributed by atoms with Gasteiger partial charge in [0.25, 0.3) is 0 Å². The number of nitrogens with one attached hydrogen (secondary N) is 1. The number of Topliss-reactive ketones (excluding diaryl/α,β-unsaturated/α-hetero) is 1. The highest BCUT2D eigenvalue weighted by Crippen LogP contribution is 2.48. The molecule has 182 valence electrons. The standard InChI is InChI=1S/C29H28N4O3/c1-29(2)15-21-24(22(34)16-29)25(20-13-8-14-23(35-3)26(20)36-4)33-28(30-21)31-27(32-33)19-12-7-10-17-9-5-6-11-18(17)19/h5-14,25H,15-16H2,1-4H3,(H,30,31,32). The molecule has 0 bridgehead atoms. The monoisotopic (exact) mass is 480 g/mol. The molecule has 1 N–H and O–H groups in total. The first kappa shape index (κ1) is 22.3. The Hall–Kier alpha value is -4.13. The van der Waals surface area contributed by atoms with E-state index in [0.29, 0.717) is 35.3 Å². The lowest BCUT2D eigenvalue weighted by Crippen LogP contribution is -2.36. The van der Waals surface area contributed by atoms with Crippen LogP contribution in [0.25, 0.3) is 22.2 Å². The number of allylic oxidation sites excluding steroid dienone is 2. The van der Waals surface area contributed by atoms with Crippen LogP contribution in [0.2, 0.25) is 0 Å². The van der Waals surface area contributed by atoms with Gasteiger partial charge in [-0.15, -0.1) is 5.10 Å². The molecule has 0 spiro atoms. The van der Waals surface area contributed by atoms with Gasteiger partial charge in [-0.2, -0.15) is 4.98 Å². The molecule has 7 nitrogen and oxygen atoms in total. The molecule has 1 atom stereocenters. The van der Waals surface area contributed by atoms with Crippen LogP contribution in [-0.2, 0) is 4.79 Å². The van der Waals surface area contributed by atoms with Crippen molar-refractivity contribution < 1.29 is 14.3 Å². The highest BCUT2D eigenvalue weighted by Gasteiger charge is 2.43. The van der Waals surface area contributed by atoms with E-state index in [1.165, 1.54) is 0 Å². The maximum absolute atomic E-state index is 13.6. The predicted octanol–water partition coefficient (Wildman–Crippen LogP) is 5.77. The molecule has 0 radical (unpaired) electrons. The van der Waals surface area contributed by atoms with E-state index in [9.17, 15) is 4.79 Å². The van der Waals surface area contributed by atoms with Gasteiger partial charge in [0.2, 0.25) is 5.95 Å². The Labute approximate surface area is 209 Å². The summed E-state index contributed by atoms with van der Waals surface area (Å²) in [5.41, 5.74) is 3.22. The smallest absolute Gasteiger partial charge is 0.226 e. The number of nitrogens with zero attached hydrogens (tertiary/aromatic N) is 3. The summed E-state index contributed by atoms with van der Waals surface area (Å²) in [6, 6.07) is 19.6. The summed E-state index contributed by atoms with van der Waals surface area (Å²) < 4.78 is 13.2. The molecule has 2 aliphatic rings. The molecule has 3 aromatic carbocycles. The van der Waals surface area contributed by atoms with Crippen molar-refractivity contribution in [1.29, 1.82) is 0 Å². The molecule has 6 rings (SSSR count). The molecule has 1 aromatic heterocycles. The number of fused-ring (bicyclic) bond motifs is 2. The summed E-state index contributed by atoms with van der Waals surface area (Å²) >= 11 is 0. The second kappa shape index (κ2) is 8.22. The minimum absolute atomic E-state index is 0.108. The molecule has 0 fully saturated rings. The molecule has 0 amide bonds. The van der Waals surface area contributed by atoms with Crippen molar-refractivity contribution in [3.05, 3.63) is 77.5 Å².